The Morgan fingerprint density at radius 2 is 1.62 bits per heavy atom. The fourth-order valence-electron chi connectivity index (χ4n) is 4.73. The second-order valence-corrected chi connectivity index (χ2v) is 12.6. The van der Waals surface area contributed by atoms with Crippen LogP contribution in [0.4, 0.5) is 4.79 Å². The number of unbranched alkanes of at least 4 members (excludes halogenated alkanes) is 5. The highest BCUT2D eigenvalue weighted by molar-refractivity contribution is 7.89. The molecule has 0 unspecified atom stereocenters. The fraction of sp³-hybridized carbons (Fsp3) is 0.536. The Balaban J connectivity index is 1.43. The second-order valence-electron chi connectivity index (χ2n) is 10.0. The van der Waals surface area contributed by atoms with Crippen LogP contribution in [0.3, 0.4) is 0 Å². The van der Waals surface area contributed by atoms with Crippen molar-refractivity contribution >= 4 is 39.3 Å². The van der Waals surface area contributed by atoms with E-state index >= 15 is 0 Å². The quantitative estimate of drug-likeness (QED) is 0.234. The molecule has 0 spiro atoms. The molecule has 39 heavy (non-hydrogen) atoms. The summed E-state index contributed by atoms with van der Waals surface area (Å²) in [6.07, 6.45) is 6.26. The van der Waals surface area contributed by atoms with Gasteiger partial charge in [0, 0.05) is 35.2 Å². The molecule has 1 aliphatic carbocycles. The highest BCUT2D eigenvalue weighted by atomic mass is 35.5. The number of carbonyl (C=O) groups excluding carboxylic acids is 1. The van der Waals surface area contributed by atoms with Crippen LogP contribution in [0.1, 0.15) is 62.7 Å². The first-order valence-corrected chi connectivity index (χ1v) is 15.8. The van der Waals surface area contributed by atoms with Gasteiger partial charge in [0.15, 0.2) is 0 Å². The fourth-order valence-corrected chi connectivity index (χ4v) is 6.39. The van der Waals surface area contributed by atoms with E-state index in [1.54, 1.807) is 30.3 Å². The lowest BCUT2D eigenvalue weighted by atomic mass is 10.1. The Morgan fingerprint density at radius 3 is 2.26 bits per heavy atom. The topological polar surface area (TPSA) is 99.8 Å². The van der Waals surface area contributed by atoms with Gasteiger partial charge in [-0.3, -0.25) is 0 Å². The van der Waals surface area contributed by atoms with E-state index in [9.17, 15) is 13.2 Å². The van der Waals surface area contributed by atoms with Crippen molar-refractivity contribution in [1.29, 1.82) is 0 Å². The zero-order valence-electron chi connectivity index (χ0n) is 22.9. The van der Waals surface area contributed by atoms with E-state index in [0.717, 1.165) is 56.1 Å². The number of hydrogen-bond acceptors (Lipinski definition) is 5. The molecule has 2 aromatic carbocycles. The van der Waals surface area contributed by atoms with Gasteiger partial charge in [-0.15, -0.1) is 0 Å². The van der Waals surface area contributed by atoms with Crippen molar-refractivity contribution in [2.75, 3.05) is 33.7 Å². The molecule has 0 radical (unpaired) electrons. The van der Waals surface area contributed by atoms with Crippen molar-refractivity contribution in [3.63, 3.8) is 0 Å². The van der Waals surface area contributed by atoms with Crippen molar-refractivity contribution in [3.8, 4) is 5.75 Å². The van der Waals surface area contributed by atoms with E-state index in [-0.39, 0.29) is 23.1 Å². The molecule has 3 N–H and O–H groups in total. The number of carbonyl (C=O) groups is 1. The van der Waals surface area contributed by atoms with Gasteiger partial charge in [-0.05, 0) is 82.2 Å². The van der Waals surface area contributed by atoms with Crippen LogP contribution in [-0.2, 0) is 16.4 Å². The van der Waals surface area contributed by atoms with Crippen LogP contribution in [0, 0.1) is 0 Å². The lowest BCUT2D eigenvalue weighted by molar-refractivity contribution is 0.111. The van der Waals surface area contributed by atoms with Crippen molar-refractivity contribution in [3.05, 3.63) is 57.6 Å². The van der Waals surface area contributed by atoms with E-state index in [4.69, 9.17) is 27.9 Å². The van der Waals surface area contributed by atoms with Gasteiger partial charge in [0.1, 0.15) is 11.9 Å². The van der Waals surface area contributed by atoms with Gasteiger partial charge in [-0.2, -0.15) is 0 Å². The summed E-state index contributed by atoms with van der Waals surface area (Å²) in [6, 6.07) is 10.1. The van der Waals surface area contributed by atoms with E-state index in [1.165, 1.54) is 0 Å². The van der Waals surface area contributed by atoms with Crippen LogP contribution in [0.25, 0.3) is 0 Å². The molecule has 0 aliphatic heterocycles. The lowest BCUT2D eigenvalue weighted by Crippen LogP contribution is -2.35. The maximum atomic E-state index is 12.7. The summed E-state index contributed by atoms with van der Waals surface area (Å²) in [7, 11) is 0.395. The lowest BCUT2D eigenvalue weighted by Gasteiger charge is -2.27. The average molecular weight is 600 g/mol. The Morgan fingerprint density at radius 1 is 0.974 bits per heavy atom. The molecule has 0 saturated heterocycles. The van der Waals surface area contributed by atoms with Crippen LogP contribution < -0.4 is 20.1 Å². The summed E-state index contributed by atoms with van der Waals surface area (Å²) in [5, 5.41) is 6.71. The molecular weight excluding hydrogens is 559 g/mol. The molecule has 2 amide bonds. The van der Waals surface area contributed by atoms with Gasteiger partial charge in [-0.25, -0.2) is 17.9 Å². The van der Waals surface area contributed by atoms with Crippen LogP contribution >= 0.6 is 23.2 Å². The third-order valence-electron chi connectivity index (χ3n) is 6.84. The first-order valence-electron chi connectivity index (χ1n) is 13.5. The third kappa shape index (κ3) is 9.25. The number of sulfonamides is 1. The molecule has 11 heteroatoms. The van der Waals surface area contributed by atoms with Crippen LogP contribution in [0.2, 0.25) is 10.0 Å². The van der Waals surface area contributed by atoms with E-state index in [1.807, 2.05) is 27.1 Å². The Kier molecular flexibility index (Phi) is 12.2. The first kappa shape index (κ1) is 31.5. The number of benzene rings is 2. The van der Waals surface area contributed by atoms with E-state index in [0.29, 0.717) is 35.4 Å². The van der Waals surface area contributed by atoms with Crippen molar-refractivity contribution < 1.29 is 17.9 Å². The number of ether oxygens (including phenoxy) is 1. The SMILES string of the molecule is CCNC(=O)NCCCCCCCCNS(=O)(=O)c1ccc(O[C@H]2c3cc(Cl)cc(Cl)c3C[C@@H]2N(C)C)cc1. The minimum atomic E-state index is -3.60. The summed E-state index contributed by atoms with van der Waals surface area (Å²) < 4.78 is 34.5. The molecule has 0 aromatic heterocycles. The van der Waals surface area contributed by atoms with E-state index in [2.05, 4.69) is 20.3 Å². The molecule has 2 atom stereocenters. The number of fused-ring (bicyclic) bond motifs is 1. The van der Waals surface area contributed by atoms with Gasteiger partial charge in [-0.1, -0.05) is 48.9 Å². The molecule has 2 aromatic rings. The Hall–Kier alpha value is -2.04. The Bertz CT molecular complexity index is 1190. The van der Waals surface area contributed by atoms with Crippen LogP contribution in [0.15, 0.2) is 41.3 Å². The number of urea groups is 1. The molecule has 0 fully saturated rings. The van der Waals surface area contributed by atoms with Gasteiger partial charge >= 0.3 is 6.03 Å². The molecular formula is C28H40Cl2N4O4S. The van der Waals surface area contributed by atoms with Gasteiger partial charge in [0.05, 0.1) is 10.9 Å². The zero-order valence-corrected chi connectivity index (χ0v) is 25.3. The standard InChI is InChI=1S/C28H40Cl2N4O4S/c1-4-31-28(35)32-15-9-7-5-6-8-10-16-33-39(36,37)22-13-11-21(12-14-22)38-27-24-17-20(29)18-25(30)23(24)19-26(27)34(2)3/h11-14,17-18,26-27,33H,4-10,15-16,19H2,1-3H3,(H2,31,32,35)/t26-,27-/m0/s1. The molecule has 0 saturated carbocycles. The third-order valence-corrected chi connectivity index (χ3v) is 8.88. The largest absolute Gasteiger partial charge is 0.484 e. The van der Waals surface area contributed by atoms with Crippen molar-refractivity contribution in [1.82, 2.24) is 20.3 Å². The summed E-state index contributed by atoms with van der Waals surface area (Å²) in [5.74, 6) is 0.580. The highest BCUT2D eigenvalue weighted by Gasteiger charge is 2.37. The zero-order chi connectivity index (χ0) is 28.4. The molecule has 0 heterocycles. The van der Waals surface area contributed by atoms with Crippen LogP contribution in [0.5, 0.6) is 5.75 Å². The number of likely N-dealkylation sites (N-methyl/N-ethyl adjacent to an activating group) is 1. The smallest absolute Gasteiger partial charge is 0.314 e. The van der Waals surface area contributed by atoms with Crippen molar-refractivity contribution in [2.45, 2.75) is 68.9 Å². The average Bonchev–Trinajstić information content (AvgIpc) is 3.24. The summed E-state index contributed by atoms with van der Waals surface area (Å²) in [5.41, 5.74) is 1.99. The molecule has 1 aliphatic rings. The number of nitrogens with one attached hydrogen (secondary N) is 3. The predicted molar refractivity (Wildman–Crippen MR) is 157 cm³/mol. The van der Waals surface area contributed by atoms with Gasteiger partial charge < -0.3 is 20.3 Å². The van der Waals surface area contributed by atoms with Gasteiger partial charge in [0.2, 0.25) is 10.0 Å². The summed E-state index contributed by atoms with van der Waals surface area (Å²) >= 11 is 12.7. The number of amides is 2. The maximum Gasteiger partial charge on any atom is 0.314 e. The minimum absolute atomic E-state index is 0.0741. The summed E-state index contributed by atoms with van der Waals surface area (Å²) in [4.78, 5) is 13.6. The number of nitrogens with zero attached hydrogens (tertiary/aromatic N) is 1. The molecule has 3 rings (SSSR count). The molecule has 216 valence electrons. The number of hydrogen-bond donors (Lipinski definition) is 3. The molecule has 0 bridgehead atoms. The monoisotopic (exact) mass is 598 g/mol. The normalized spacial score (nSPS) is 16.8. The van der Waals surface area contributed by atoms with Crippen molar-refractivity contribution in [2.24, 2.45) is 0 Å². The minimum Gasteiger partial charge on any atom is -0.484 e. The van der Waals surface area contributed by atoms with Gasteiger partial charge in [0.25, 0.3) is 0 Å². The second kappa shape index (κ2) is 15.1. The summed E-state index contributed by atoms with van der Waals surface area (Å²) in [6.45, 7) is 3.57. The highest BCUT2D eigenvalue weighted by Crippen LogP contribution is 2.42. The predicted octanol–water partition coefficient (Wildman–Crippen LogP) is 5.54. The first-order chi connectivity index (χ1) is 18.6. The van der Waals surface area contributed by atoms with E-state index < -0.39 is 10.0 Å². The number of rotatable bonds is 15. The molecule has 8 nitrogen and oxygen atoms in total. The maximum absolute atomic E-state index is 12.7. The number of halogens is 2. The van der Waals surface area contributed by atoms with Crippen LogP contribution in [-0.4, -0.2) is 59.1 Å². The Labute approximate surface area is 242 Å².